The van der Waals surface area contributed by atoms with Gasteiger partial charge in [-0.3, -0.25) is 9.59 Å². The van der Waals surface area contributed by atoms with Crippen LogP contribution in [0.25, 0.3) is 0 Å². The number of carbonyl (C=O) groups excluding carboxylic acids is 2. The number of halogens is 1. The van der Waals surface area contributed by atoms with E-state index >= 15 is 0 Å². The summed E-state index contributed by atoms with van der Waals surface area (Å²) in [6.07, 6.45) is 3.98. The van der Waals surface area contributed by atoms with Crippen molar-refractivity contribution in [3.8, 4) is 0 Å². The zero-order valence-electron chi connectivity index (χ0n) is 18.5. The number of hydrogen-bond acceptors (Lipinski definition) is 5. The van der Waals surface area contributed by atoms with E-state index in [-0.39, 0.29) is 35.0 Å². The highest BCUT2D eigenvalue weighted by Crippen LogP contribution is 2.29. The third-order valence-corrected chi connectivity index (χ3v) is 10.0. The van der Waals surface area contributed by atoms with Gasteiger partial charge in [0.15, 0.2) is 0 Å². The van der Waals surface area contributed by atoms with Crippen molar-refractivity contribution in [3.05, 3.63) is 45.8 Å². The van der Waals surface area contributed by atoms with Gasteiger partial charge in [-0.15, -0.1) is 11.3 Å². The Morgan fingerprint density at radius 3 is 2.42 bits per heavy atom. The number of aryl methyl sites for hydroxylation is 1. The van der Waals surface area contributed by atoms with Gasteiger partial charge in [0.1, 0.15) is 4.21 Å². The van der Waals surface area contributed by atoms with Crippen molar-refractivity contribution >= 4 is 50.5 Å². The molecular weight excluding hydrogens is 482 g/mol. The van der Waals surface area contributed by atoms with Crippen LogP contribution in [0.4, 0.5) is 5.69 Å². The molecule has 0 spiro atoms. The molecule has 2 saturated heterocycles. The van der Waals surface area contributed by atoms with Gasteiger partial charge in [0.25, 0.3) is 15.9 Å². The Kier molecular flexibility index (Phi) is 7.43. The summed E-state index contributed by atoms with van der Waals surface area (Å²) in [5.74, 6) is -0.493. The third kappa shape index (κ3) is 5.42. The number of rotatable bonds is 5. The van der Waals surface area contributed by atoms with Crippen molar-refractivity contribution in [1.82, 2.24) is 9.21 Å². The second-order valence-corrected chi connectivity index (χ2v) is 12.1. The first-order valence-electron chi connectivity index (χ1n) is 11.2. The van der Waals surface area contributed by atoms with E-state index < -0.39 is 10.0 Å². The number of sulfonamides is 1. The molecule has 2 aliphatic rings. The van der Waals surface area contributed by atoms with Crippen LogP contribution in [0, 0.1) is 12.8 Å². The standard InChI is InChI=1S/C23H28ClN3O4S2/c1-16-5-6-19(14-20(16)24)25-22(28)17-7-11-27(12-8-17)33(30,31)21-13-18(15-32-21)23(29)26-9-3-2-4-10-26/h5-6,13-15,17H,2-4,7-12H2,1H3,(H,25,28). The molecule has 2 aliphatic heterocycles. The van der Waals surface area contributed by atoms with Crippen LogP contribution < -0.4 is 5.32 Å². The van der Waals surface area contributed by atoms with Gasteiger partial charge in [-0.1, -0.05) is 17.7 Å². The number of benzene rings is 1. The molecule has 7 nitrogen and oxygen atoms in total. The van der Waals surface area contributed by atoms with Gasteiger partial charge in [-0.05, 0) is 62.8 Å². The Balaban J connectivity index is 1.36. The minimum atomic E-state index is -3.69. The van der Waals surface area contributed by atoms with Gasteiger partial charge in [-0.2, -0.15) is 4.31 Å². The summed E-state index contributed by atoms with van der Waals surface area (Å²) in [5.41, 5.74) is 2.00. The largest absolute Gasteiger partial charge is 0.339 e. The fourth-order valence-corrected chi connectivity index (χ4v) is 7.20. The SMILES string of the molecule is Cc1ccc(NC(=O)C2CCN(S(=O)(=O)c3cc(C(=O)N4CCCCC4)cs3)CC2)cc1Cl. The maximum Gasteiger partial charge on any atom is 0.254 e. The molecule has 178 valence electrons. The van der Waals surface area contributed by atoms with Crippen LogP contribution in [-0.4, -0.2) is 55.6 Å². The van der Waals surface area contributed by atoms with E-state index in [0.717, 1.165) is 49.3 Å². The Labute approximate surface area is 203 Å². The van der Waals surface area contributed by atoms with Gasteiger partial charge in [0.2, 0.25) is 5.91 Å². The van der Waals surface area contributed by atoms with E-state index in [4.69, 9.17) is 11.6 Å². The lowest BCUT2D eigenvalue weighted by Crippen LogP contribution is -2.41. The predicted molar refractivity (Wildman–Crippen MR) is 130 cm³/mol. The highest BCUT2D eigenvalue weighted by Gasteiger charge is 2.33. The average molecular weight is 510 g/mol. The Bertz CT molecular complexity index is 1130. The summed E-state index contributed by atoms with van der Waals surface area (Å²) in [4.78, 5) is 27.2. The van der Waals surface area contributed by atoms with Crippen LogP contribution in [0.2, 0.25) is 5.02 Å². The molecule has 4 rings (SSSR count). The number of nitrogens with one attached hydrogen (secondary N) is 1. The minimum Gasteiger partial charge on any atom is -0.339 e. The summed E-state index contributed by atoms with van der Waals surface area (Å²) >= 11 is 7.21. The molecule has 1 aromatic carbocycles. The second kappa shape index (κ2) is 10.1. The summed E-state index contributed by atoms with van der Waals surface area (Å²) in [5, 5.41) is 5.10. The number of likely N-dealkylation sites (tertiary alicyclic amines) is 1. The van der Waals surface area contributed by atoms with Crippen LogP contribution in [0.1, 0.15) is 48.0 Å². The maximum atomic E-state index is 13.1. The van der Waals surface area contributed by atoms with Gasteiger partial charge < -0.3 is 10.2 Å². The number of carbonyl (C=O) groups is 2. The zero-order chi connectivity index (χ0) is 23.6. The van der Waals surface area contributed by atoms with Crippen molar-refractivity contribution in [2.75, 3.05) is 31.5 Å². The topological polar surface area (TPSA) is 86.8 Å². The van der Waals surface area contributed by atoms with Gasteiger partial charge in [0.05, 0.1) is 5.56 Å². The van der Waals surface area contributed by atoms with Crippen molar-refractivity contribution in [2.45, 2.75) is 43.2 Å². The van der Waals surface area contributed by atoms with Crippen molar-refractivity contribution in [3.63, 3.8) is 0 Å². The van der Waals surface area contributed by atoms with E-state index in [9.17, 15) is 18.0 Å². The van der Waals surface area contributed by atoms with Gasteiger partial charge in [0, 0.05) is 48.2 Å². The molecule has 0 bridgehead atoms. The molecule has 0 radical (unpaired) electrons. The molecule has 0 saturated carbocycles. The van der Waals surface area contributed by atoms with Gasteiger partial charge in [-0.25, -0.2) is 8.42 Å². The number of nitrogens with zero attached hydrogens (tertiary/aromatic N) is 2. The van der Waals surface area contributed by atoms with Crippen LogP contribution in [-0.2, 0) is 14.8 Å². The fraction of sp³-hybridized carbons (Fsp3) is 0.478. The quantitative estimate of drug-likeness (QED) is 0.648. The molecule has 2 amide bonds. The van der Waals surface area contributed by atoms with Crippen LogP contribution in [0.15, 0.2) is 33.9 Å². The summed E-state index contributed by atoms with van der Waals surface area (Å²) in [6, 6.07) is 6.86. The van der Waals surface area contributed by atoms with E-state index in [2.05, 4.69) is 5.32 Å². The molecule has 10 heteroatoms. The Morgan fingerprint density at radius 2 is 1.76 bits per heavy atom. The van der Waals surface area contributed by atoms with Crippen LogP contribution in [0.5, 0.6) is 0 Å². The normalized spacial score (nSPS) is 18.3. The van der Waals surface area contributed by atoms with E-state index in [1.54, 1.807) is 22.4 Å². The average Bonchev–Trinajstić information content (AvgIpc) is 3.33. The summed E-state index contributed by atoms with van der Waals surface area (Å²) in [7, 11) is -3.69. The number of amides is 2. The molecule has 33 heavy (non-hydrogen) atoms. The molecule has 1 N–H and O–H groups in total. The Morgan fingerprint density at radius 1 is 1.06 bits per heavy atom. The Hall–Kier alpha value is -1.94. The second-order valence-electron chi connectivity index (χ2n) is 8.64. The lowest BCUT2D eigenvalue weighted by atomic mass is 9.97. The third-order valence-electron chi connectivity index (χ3n) is 6.32. The number of piperidine rings is 2. The molecule has 2 aromatic rings. The predicted octanol–water partition coefficient (Wildman–Crippen LogP) is 4.38. The highest BCUT2D eigenvalue weighted by molar-refractivity contribution is 7.91. The number of thiophene rings is 1. The van der Waals surface area contributed by atoms with Crippen LogP contribution >= 0.6 is 22.9 Å². The van der Waals surface area contributed by atoms with Crippen molar-refractivity contribution < 1.29 is 18.0 Å². The van der Waals surface area contributed by atoms with Crippen molar-refractivity contribution in [2.24, 2.45) is 5.92 Å². The number of hydrogen-bond donors (Lipinski definition) is 1. The van der Waals surface area contributed by atoms with E-state index in [1.807, 2.05) is 13.0 Å². The number of anilines is 1. The fourth-order valence-electron chi connectivity index (χ4n) is 4.24. The van der Waals surface area contributed by atoms with E-state index in [0.29, 0.717) is 29.1 Å². The molecule has 1 aromatic heterocycles. The van der Waals surface area contributed by atoms with Gasteiger partial charge >= 0.3 is 0 Å². The first kappa shape index (κ1) is 24.2. The highest BCUT2D eigenvalue weighted by atomic mass is 35.5. The summed E-state index contributed by atoms with van der Waals surface area (Å²) in [6.45, 7) is 3.87. The minimum absolute atomic E-state index is 0.0982. The molecular formula is C23H28ClN3O4S2. The molecule has 2 fully saturated rings. The molecule has 0 unspecified atom stereocenters. The zero-order valence-corrected chi connectivity index (χ0v) is 20.9. The van der Waals surface area contributed by atoms with E-state index in [1.165, 1.54) is 10.4 Å². The molecule has 0 aliphatic carbocycles. The monoisotopic (exact) mass is 509 g/mol. The summed E-state index contributed by atoms with van der Waals surface area (Å²) < 4.78 is 27.9. The lowest BCUT2D eigenvalue weighted by Gasteiger charge is -2.30. The smallest absolute Gasteiger partial charge is 0.254 e. The maximum absolute atomic E-state index is 13.1. The van der Waals surface area contributed by atoms with Crippen LogP contribution in [0.3, 0.4) is 0 Å². The lowest BCUT2D eigenvalue weighted by molar-refractivity contribution is -0.120. The molecule has 0 atom stereocenters. The first-order valence-corrected chi connectivity index (χ1v) is 13.9. The van der Waals surface area contributed by atoms with Crippen molar-refractivity contribution in [1.29, 1.82) is 0 Å². The molecule has 3 heterocycles. The first-order chi connectivity index (χ1) is 15.8.